The number of hydrogen-bond donors (Lipinski definition) is 2. The van der Waals surface area contributed by atoms with Crippen molar-refractivity contribution >= 4 is 22.6 Å². The second-order valence-corrected chi connectivity index (χ2v) is 8.35. The summed E-state index contributed by atoms with van der Waals surface area (Å²) >= 11 is 0. The van der Waals surface area contributed by atoms with Gasteiger partial charge in [0.1, 0.15) is 17.5 Å². The minimum Gasteiger partial charge on any atom is -0.444 e. The number of carbonyl (C=O) groups is 1. The van der Waals surface area contributed by atoms with Gasteiger partial charge in [-0.25, -0.2) is 9.18 Å². The summed E-state index contributed by atoms with van der Waals surface area (Å²) in [6, 6.07) is 3.15. The average Bonchev–Trinajstić information content (AvgIpc) is 2.88. The van der Waals surface area contributed by atoms with Gasteiger partial charge in [-0.2, -0.15) is 5.26 Å². The molecule has 1 amide bonds. The van der Waals surface area contributed by atoms with Gasteiger partial charge in [0.05, 0.1) is 17.1 Å². The first-order chi connectivity index (χ1) is 13.1. The fourth-order valence-electron chi connectivity index (χ4n) is 3.73. The van der Waals surface area contributed by atoms with E-state index in [4.69, 9.17) is 4.74 Å². The minimum atomic E-state index is -0.573. The number of halogens is 1. The Morgan fingerprint density at radius 3 is 2.75 bits per heavy atom. The van der Waals surface area contributed by atoms with Crippen LogP contribution in [0, 0.1) is 31.0 Å². The van der Waals surface area contributed by atoms with Crippen molar-refractivity contribution in [1.29, 1.82) is 5.26 Å². The summed E-state index contributed by atoms with van der Waals surface area (Å²) in [4.78, 5) is 15.3. The van der Waals surface area contributed by atoms with Crippen LogP contribution in [0.1, 0.15) is 62.4 Å². The fraction of sp³-hybridized carbons (Fsp3) is 0.455. The number of benzene rings is 1. The molecule has 0 radical (unpaired) electrons. The normalized spacial score (nSPS) is 17.2. The molecule has 0 saturated heterocycles. The number of nitrogens with zero attached hydrogens (tertiary/aromatic N) is 1. The largest absolute Gasteiger partial charge is 0.444 e. The fourth-order valence-corrected chi connectivity index (χ4v) is 3.73. The van der Waals surface area contributed by atoms with Crippen molar-refractivity contribution < 1.29 is 13.9 Å². The lowest BCUT2D eigenvalue weighted by Crippen LogP contribution is -2.39. The van der Waals surface area contributed by atoms with E-state index in [9.17, 15) is 10.1 Å². The number of H-pyrrole nitrogens is 1. The molecule has 0 bridgehead atoms. The molecule has 1 aromatic heterocycles. The smallest absolute Gasteiger partial charge is 0.408 e. The van der Waals surface area contributed by atoms with Crippen molar-refractivity contribution in [3.8, 4) is 6.07 Å². The van der Waals surface area contributed by atoms with E-state index in [0.29, 0.717) is 23.1 Å². The van der Waals surface area contributed by atoms with E-state index >= 15 is 4.39 Å². The lowest BCUT2D eigenvalue weighted by molar-refractivity contribution is 0.0511. The minimum absolute atomic E-state index is 0.218. The number of nitriles is 1. The maximum atomic E-state index is 15.0. The highest BCUT2D eigenvalue weighted by molar-refractivity contribution is 5.98. The summed E-state index contributed by atoms with van der Waals surface area (Å²) in [5.74, 6) is -0.407. The monoisotopic (exact) mass is 383 g/mol. The lowest BCUT2D eigenvalue weighted by atomic mass is 9.87. The number of carbonyl (C=O) groups excluding carboxylic acids is 1. The molecule has 0 fully saturated rings. The summed E-state index contributed by atoms with van der Waals surface area (Å²) in [7, 11) is 0. The van der Waals surface area contributed by atoms with E-state index in [1.54, 1.807) is 0 Å². The van der Waals surface area contributed by atoms with Gasteiger partial charge >= 0.3 is 6.09 Å². The van der Waals surface area contributed by atoms with Crippen LogP contribution in [0.25, 0.3) is 16.5 Å². The predicted octanol–water partition coefficient (Wildman–Crippen LogP) is 5.26. The van der Waals surface area contributed by atoms with Crippen LogP contribution in [0.4, 0.5) is 9.18 Å². The van der Waals surface area contributed by atoms with Gasteiger partial charge in [-0.1, -0.05) is 6.08 Å². The van der Waals surface area contributed by atoms with Crippen molar-refractivity contribution in [3.63, 3.8) is 0 Å². The molecule has 1 heterocycles. The number of ether oxygens (including phenoxy) is 1. The molecule has 1 aromatic carbocycles. The highest BCUT2D eigenvalue weighted by Gasteiger charge is 2.25. The van der Waals surface area contributed by atoms with Gasteiger partial charge in [-0.05, 0) is 71.1 Å². The number of amides is 1. The zero-order valence-electron chi connectivity index (χ0n) is 17.0. The van der Waals surface area contributed by atoms with Gasteiger partial charge < -0.3 is 15.0 Å². The third-order valence-electron chi connectivity index (χ3n) is 5.04. The van der Waals surface area contributed by atoms with E-state index < -0.39 is 17.5 Å². The molecule has 1 aliphatic carbocycles. The molecule has 3 rings (SSSR count). The number of nitrogens with one attached hydrogen (secondary N) is 2. The SMILES string of the molecule is Cc1[nH]c2c(C#N)cc(F)c(C3=C[C@@H](NC(=O)OC(C)(C)C)CCC3)c2c1C. The van der Waals surface area contributed by atoms with Crippen molar-refractivity contribution in [2.45, 2.75) is 65.5 Å². The molecule has 0 spiro atoms. The summed E-state index contributed by atoms with van der Waals surface area (Å²) < 4.78 is 20.4. The van der Waals surface area contributed by atoms with Crippen molar-refractivity contribution in [2.75, 3.05) is 0 Å². The number of alkyl carbamates (subject to hydrolysis) is 1. The van der Waals surface area contributed by atoms with Crippen LogP contribution < -0.4 is 5.32 Å². The molecule has 6 heteroatoms. The number of allylic oxidation sites excluding steroid dienone is 1. The third kappa shape index (κ3) is 3.89. The molecule has 0 saturated carbocycles. The number of aromatic amines is 1. The van der Waals surface area contributed by atoms with Gasteiger partial charge in [0.2, 0.25) is 0 Å². The summed E-state index contributed by atoms with van der Waals surface area (Å²) in [6.07, 6.45) is 3.76. The summed E-state index contributed by atoms with van der Waals surface area (Å²) in [6.45, 7) is 9.29. The van der Waals surface area contributed by atoms with Gasteiger partial charge in [0.15, 0.2) is 0 Å². The Morgan fingerprint density at radius 2 is 2.11 bits per heavy atom. The molecule has 148 valence electrons. The molecule has 1 atom stereocenters. The van der Waals surface area contributed by atoms with Gasteiger partial charge in [0.25, 0.3) is 0 Å². The first kappa shape index (κ1) is 19.9. The van der Waals surface area contributed by atoms with E-state index in [-0.39, 0.29) is 6.04 Å². The van der Waals surface area contributed by atoms with Crippen LogP contribution >= 0.6 is 0 Å². The van der Waals surface area contributed by atoms with Crippen LogP contribution in [0.5, 0.6) is 0 Å². The quantitative estimate of drug-likeness (QED) is 0.743. The Hall–Kier alpha value is -2.81. The highest BCUT2D eigenvalue weighted by Crippen LogP contribution is 2.37. The second kappa shape index (κ2) is 7.31. The second-order valence-electron chi connectivity index (χ2n) is 8.35. The maximum absolute atomic E-state index is 15.0. The van der Waals surface area contributed by atoms with Gasteiger partial charge in [-0.3, -0.25) is 0 Å². The molecule has 0 unspecified atom stereocenters. The van der Waals surface area contributed by atoms with Crippen LogP contribution in [0.15, 0.2) is 12.1 Å². The molecule has 28 heavy (non-hydrogen) atoms. The Bertz CT molecular complexity index is 1010. The van der Waals surface area contributed by atoms with Crippen LogP contribution in [-0.2, 0) is 4.74 Å². The van der Waals surface area contributed by atoms with Crippen LogP contribution in [-0.4, -0.2) is 22.7 Å². The summed E-state index contributed by atoms with van der Waals surface area (Å²) in [5, 5.41) is 13.0. The predicted molar refractivity (Wildman–Crippen MR) is 107 cm³/mol. The molecule has 5 nitrogen and oxygen atoms in total. The maximum Gasteiger partial charge on any atom is 0.408 e. The van der Waals surface area contributed by atoms with Gasteiger partial charge in [0, 0.05) is 16.6 Å². The highest BCUT2D eigenvalue weighted by atomic mass is 19.1. The van der Waals surface area contributed by atoms with Crippen molar-refractivity contribution in [1.82, 2.24) is 10.3 Å². The Morgan fingerprint density at radius 1 is 1.39 bits per heavy atom. The number of aromatic nitrogens is 1. The van der Waals surface area contributed by atoms with E-state index in [0.717, 1.165) is 35.1 Å². The first-order valence-electron chi connectivity index (χ1n) is 9.52. The average molecular weight is 383 g/mol. The summed E-state index contributed by atoms with van der Waals surface area (Å²) in [5.41, 5.74) is 3.61. The Labute approximate surface area is 164 Å². The number of hydrogen-bond acceptors (Lipinski definition) is 3. The molecule has 1 aliphatic rings. The topological polar surface area (TPSA) is 77.9 Å². The zero-order valence-corrected chi connectivity index (χ0v) is 17.0. The first-order valence-corrected chi connectivity index (χ1v) is 9.52. The van der Waals surface area contributed by atoms with E-state index in [1.165, 1.54) is 6.07 Å². The van der Waals surface area contributed by atoms with E-state index in [2.05, 4.69) is 16.4 Å². The third-order valence-corrected chi connectivity index (χ3v) is 5.04. The van der Waals surface area contributed by atoms with E-state index in [1.807, 2.05) is 40.7 Å². The molecule has 0 aliphatic heterocycles. The number of aryl methyl sites for hydroxylation is 2. The molecule has 2 aromatic rings. The Kier molecular flexibility index (Phi) is 5.20. The Balaban J connectivity index is 2.02. The molecular weight excluding hydrogens is 357 g/mol. The van der Waals surface area contributed by atoms with Crippen molar-refractivity contribution in [3.05, 3.63) is 40.3 Å². The standard InChI is InChI=1S/C22H26FN3O2/c1-12-13(2)25-20-15(11-24)10-17(23)19(18(12)20)14-7-6-8-16(9-14)26-21(27)28-22(3,4)5/h9-10,16,25H,6-8H2,1-5H3,(H,26,27)/t16-/m0/s1. The molecule has 2 N–H and O–H groups in total. The van der Waals surface area contributed by atoms with Crippen LogP contribution in [0.2, 0.25) is 0 Å². The van der Waals surface area contributed by atoms with Gasteiger partial charge in [-0.15, -0.1) is 0 Å². The molecular formula is C22H26FN3O2. The zero-order chi connectivity index (χ0) is 20.6. The van der Waals surface area contributed by atoms with Crippen LogP contribution in [0.3, 0.4) is 0 Å². The number of rotatable bonds is 2. The van der Waals surface area contributed by atoms with Crippen molar-refractivity contribution in [2.24, 2.45) is 0 Å². The number of fused-ring (bicyclic) bond motifs is 1. The lowest BCUT2D eigenvalue weighted by Gasteiger charge is -2.25.